The van der Waals surface area contributed by atoms with Gasteiger partial charge in [0.25, 0.3) is 0 Å². The zero-order valence-electron chi connectivity index (χ0n) is 19.2. The van der Waals surface area contributed by atoms with Crippen molar-refractivity contribution in [2.24, 2.45) is 0 Å². The maximum Gasteiger partial charge on any atom is 0.193 e. The summed E-state index contributed by atoms with van der Waals surface area (Å²) in [5.41, 5.74) is 3.89. The van der Waals surface area contributed by atoms with Gasteiger partial charge in [-0.3, -0.25) is 9.69 Å². The molecule has 1 aromatic heterocycles. The average Bonchev–Trinajstić information content (AvgIpc) is 2.85. The van der Waals surface area contributed by atoms with E-state index in [0.717, 1.165) is 38.3 Å². The summed E-state index contributed by atoms with van der Waals surface area (Å²) < 4.78 is 12.0. The molecule has 0 saturated carbocycles. The number of para-hydroxylation sites is 1. The first-order chi connectivity index (χ1) is 16.6. The van der Waals surface area contributed by atoms with Crippen LogP contribution in [0.3, 0.4) is 0 Å². The second-order valence-electron chi connectivity index (χ2n) is 8.60. The molecule has 1 fully saturated rings. The number of fused-ring (bicyclic) bond motifs is 1. The zero-order chi connectivity index (χ0) is 23.5. The first-order valence-corrected chi connectivity index (χ1v) is 11.9. The summed E-state index contributed by atoms with van der Waals surface area (Å²) >= 11 is 5.98. The molecular formula is C28H27ClN2O3. The van der Waals surface area contributed by atoms with Crippen LogP contribution < -0.4 is 15.1 Å². The first-order valence-electron chi connectivity index (χ1n) is 11.6. The van der Waals surface area contributed by atoms with Crippen molar-refractivity contribution in [1.82, 2.24) is 4.90 Å². The van der Waals surface area contributed by atoms with Gasteiger partial charge in [0.1, 0.15) is 23.7 Å². The van der Waals surface area contributed by atoms with Crippen LogP contribution in [0.15, 0.2) is 82.0 Å². The molecule has 0 radical (unpaired) electrons. The molecular weight excluding hydrogens is 448 g/mol. The molecule has 3 aromatic carbocycles. The van der Waals surface area contributed by atoms with Gasteiger partial charge < -0.3 is 14.1 Å². The second-order valence-corrected chi connectivity index (χ2v) is 9.04. The van der Waals surface area contributed by atoms with Gasteiger partial charge in [0.2, 0.25) is 0 Å². The Morgan fingerprint density at radius 1 is 0.941 bits per heavy atom. The number of anilines is 1. The number of rotatable bonds is 6. The smallest absolute Gasteiger partial charge is 0.193 e. The lowest BCUT2D eigenvalue weighted by Crippen LogP contribution is -2.47. The van der Waals surface area contributed by atoms with Crippen LogP contribution in [-0.2, 0) is 0 Å². The quantitative estimate of drug-likeness (QED) is 0.363. The monoisotopic (exact) mass is 474 g/mol. The summed E-state index contributed by atoms with van der Waals surface area (Å²) in [6.07, 6.45) is 0. The highest BCUT2D eigenvalue weighted by atomic mass is 35.5. The van der Waals surface area contributed by atoms with Crippen molar-refractivity contribution < 1.29 is 9.15 Å². The lowest BCUT2D eigenvalue weighted by Gasteiger charge is -2.36. The molecule has 0 N–H and O–H groups in total. The number of ether oxygens (including phenoxy) is 1. The molecule has 4 aromatic rings. The molecule has 5 rings (SSSR count). The van der Waals surface area contributed by atoms with Crippen molar-refractivity contribution in [3.05, 3.63) is 93.6 Å². The zero-order valence-corrected chi connectivity index (χ0v) is 19.9. The minimum absolute atomic E-state index is 0.0794. The van der Waals surface area contributed by atoms with Crippen LogP contribution in [0.2, 0.25) is 5.02 Å². The predicted octanol–water partition coefficient (Wildman–Crippen LogP) is 5.62. The molecule has 0 atom stereocenters. The van der Waals surface area contributed by atoms with Gasteiger partial charge in [-0.25, -0.2) is 0 Å². The number of halogens is 1. The van der Waals surface area contributed by atoms with E-state index in [-0.39, 0.29) is 5.43 Å². The molecule has 6 heteroatoms. The van der Waals surface area contributed by atoms with Crippen LogP contribution in [0.4, 0.5) is 5.69 Å². The SMILES string of the molecule is Cc1ccccc1N1CCN(CCOc2ccc3c(=O)cc(-c4ccc(Cl)cc4)oc3c2)CC1. The lowest BCUT2D eigenvalue weighted by atomic mass is 10.1. The van der Waals surface area contributed by atoms with Gasteiger partial charge in [0.15, 0.2) is 5.43 Å². The van der Waals surface area contributed by atoms with E-state index in [1.165, 1.54) is 17.3 Å². The summed E-state index contributed by atoms with van der Waals surface area (Å²) in [6, 6.07) is 22.7. The van der Waals surface area contributed by atoms with Crippen LogP contribution in [0, 0.1) is 6.92 Å². The van der Waals surface area contributed by atoms with Crippen LogP contribution in [0.25, 0.3) is 22.3 Å². The highest BCUT2D eigenvalue weighted by Crippen LogP contribution is 2.26. The normalized spacial score (nSPS) is 14.5. The van der Waals surface area contributed by atoms with Crippen LogP contribution in [0.1, 0.15) is 5.56 Å². The van der Waals surface area contributed by atoms with Gasteiger partial charge in [0.05, 0.1) is 5.39 Å². The Bertz CT molecular complexity index is 1340. The minimum atomic E-state index is -0.0794. The van der Waals surface area contributed by atoms with Crippen molar-refractivity contribution in [1.29, 1.82) is 0 Å². The van der Waals surface area contributed by atoms with Gasteiger partial charge in [-0.2, -0.15) is 0 Å². The Morgan fingerprint density at radius 2 is 1.71 bits per heavy atom. The van der Waals surface area contributed by atoms with Crippen molar-refractivity contribution in [2.45, 2.75) is 6.92 Å². The Kier molecular flexibility index (Phi) is 6.57. The molecule has 1 aliphatic rings. The number of piperazine rings is 1. The van der Waals surface area contributed by atoms with E-state index < -0.39 is 0 Å². The third-order valence-corrected chi connectivity index (χ3v) is 6.59. The van der Waals surface area contributed by atoms with E-state index in [0.29, 0.717) is 34.1 Å². The third-order valence-electron chi connectivity index (χ3n) is 6.33. The summed E-state index contributed by atoms with van der Waals surface area (Å²) in [5, 5.41) is 1.18. The maximum absolute atomic E-state index is 12.6. The molecule has 0 amide bonds. The van der Waals surface area contributed by atoms with E-state index in [1.807, 2.05) is 18.2 Å². The fraction of sp³-hybridized carbons (Fsp3) is 0.250. The van der Waals surface area contributed by atoms with E-state index in [2.05, 4.69) is 41.0 Å². The minimum Gasteiger partial charge on any atom is -0.492 e. The van der Waals surface area contributed by atoms with Crippen LogP contribution in [0.5, 0.6) is 5.75 Å². The number of nitrogens with zero attached hydrogens (tertiary/aromatic N) is 2. The molecule has 1 saturated heterocycles. The molecule has 0 aliphatic carbocycles. The summed E-state index contributed by atoms with van der Waals surface area (Å²) in [4.78, 5) is 17.5. The molecule has 0 spiro atoms. The number of benzene rings is 3. The predicted molar refractivity (Wildman–Crippen MR) is 138 cm³/mol. The Hall–Kier alpha value is -3.28. The number of hydrogen-bond acceptors (Lipinski definition) is 5. The maximum atomic E-state index is 12.6. The summed E-state index contributed by atoms with van der Waals surface area (Å²) in [5.74, 6) is 1.21. The van der Waals surface area contributed by atoms with E-state index in [4.69, 9.17) is 20.8 Å². The second kappa shape index (κ2) is 9.92. The van der Waals surface area contributed by atoms with Gasteiger partial charge in [-0.15, -0.1) is 0 Å². The molecule has 5 nitrogen and oxygen atoms in total. The van der Waals surface area contributed by atoms with Crippen LogP contribution in [-0.4, -0.2) is 44.2 Å². The van der Waals surface area contributed by atoms with Crippen molar-refractivity contribution in [3.63, 3.8) is 0 Å². The van der Waals surface area contributed by atoms with Crippen molar-refractivity contribution in [2.75, 3.05) is 44.2 Å². The molecule has 0 bridgehead atoms. The van der Waals surface area contributed by atoms with Crippen LogP contribution >= 0.6 is 11.6 Å². The number of hydrogen-bond donors (Lipinski definition) is 0. The van der Waals surface area contributed by atoms with Gasteiger partial charge >= 0.3 is 0 Å². The summed E-state index contributed by atoms with van der Waals surface area (Å²) in [7, 11) is 0. The van der Waals surface area contributed by atoms with Gasteiger partial charge in [-0.05, 0) is 55.0 Å². The Balaban J connectivity index is 1.20. The third kappa shape index (κ3) is 4.96. The largest absolute Gasteiger partial charge is 0.492 e. The number of aryl methyl sites for hydroxylation is 1. The van der Waals surface area contributed by atoms with E-state index in [9.17, 15) is 4.79 Å². The van der Waals surface area contributed by atoms with Crippen molar-refractivity contribution in [3.8, 4) is 17.1 Å². The molecule has 34 heavy (non-hydrogen) atoms. The standard InChI is InChI=1S/C28H27ClN2O3/c1-20-4-2-3-5-25(20)31-14-12-30(13-15-31)16-17-33-23-10-11-24-26(32)19-27(34-28(24)18-23)21-6-8-22(29)9-7-21/h2-11,18-19H,12-17H2,1H3. The highest BCUT2D eigenvalue weighted by molar-refractivity contribution is 6.30. The van der Waals surface area contributed by atoms with E-state index >= 15 is 0 Å². The van der Waals surface area contributed by atoms with Crippen molar-refractivity contribution >= 4 is 28.3 Å². The Labute approximate surface area is 204 Å². The molecule has 0 unspecified atom stereocenters. The van der Waals surface area contributed by atoms with Gasteiger partial charge in [-0.1, -0.05) is 29.8 Å². The summed E-state index contributed by atoms with van der Waals surface area (Å²) in [6.45, 7) is 7.65. The average molecular weight is 475 g/mol. The fourth-order valence-corrected chi connectivity index (χ4v) is 4.53. The topological polar surface area (TPSA) is 45.9 Å². The fourth-order valence-electron chi connectivity index (χ4n) is 4.40. The highest BCUT2D eigenvalue weighted by Gasteiger charge is 2.18. The molecule has 1 aliphatic heterocycles. The lowest BCUT2D eigenvalue weighted by molar-refractivity contribution is 0.200. The van der Waals surface area contributed by atoms with E-state index in [1.54, 1.807) is 24.3 Å². The van der Waals surface area contributed by atoms with Gasteiger partial charge in [0, 0.05) is 61.1 Å². The molecule has 2 heterocycles. The molecule has 174 valence electrons. The Morgan fingerprint density at radius 3 is 2.47 bits per heavy atom. The first kappa shape index (κ1) is 22.5.